The Hall–Kier alpha value is -0.960. The van der Waals surface area contributed by atoms with Crippen molar-refractivity contribution in [1.82, 2.24) is 4.98 Å². The number of rotatable bonds is 4. The molecule has 0 aliphatic heterocycles. The number of nitrogens with zero attached hydrogens (tertiary/aromatic N) is 1. The van der Waals surface area contributed by atoms with Gasteiger partial charge in [-0.25, -0.2) is 4.98 Å². The number of pyridine rings is 1. The second-order valence-corrected chi connectivity index (χ2v) is 4.54. The van der Waals surface area contributed by atoms with Crippen LogP contribution in [-0.2, 0) is 0 Å². The number of nitrogens with two attached hydrogens (primary N) is 1. The zero-order valence-corrected chi connectivity index (χ0v) is 9.43. The molecule has 1 fully saturated rings. The molecule has 0 unspecified atom stereocenters. The summed E-state index contributed by atoms with van der Waals surface area (Å²) in [6, 6.07) is 1.72. The smallest absolute Gasteiger partial charge is 0.149 e. The molecule has 1 aliphatic rings. The van der Waals surface area contributed by atoms with Gasteiger partial charge in [0.1, 0.15) is 5.82 Å². The van der Waals surface area contributed by atoms with E-state index in [4.69, 9.17) is 17.3 Å². The molecule has 2 rings (SSSR count). The Balaban J connectivity index is 1.81. The lowest BCUT2D eigenvalue weighted by molar-refractivity contribution is 0.303. The number of hydrogen-bond acceptors (Lipinski definition) is 3. The van der Waals surface area contributed by atoms with Gasteiger partial charge in [0.2, 0.25) is 0 Å². The normalized spacial score (nSPS) is 16.1. The van der Waals surface area contributed by atoms with Crippen LogP contribution in [0.25, 0.3) is 0 Å². The highest BCUT2D eigenvalue weighted by Crippen LogP contribution is 2.29. The lowest BCUT2D eigenvalue weighted by Gasteiger charge is -2.25. The molecule has 1 aromatic rings. The molecule has 15 heavy (non-hydrogen) atoms. The molecule has 0 aromatic carbocycles. The van der Waals surface area contributed by atoms with E-state index in [2.05, 4.69) is 10.3 Å². The number of nitrogen functional groups attached to an aromatic ring is 1. The second-order valence-electron chi connectivity index (χ2n) is 4.10. The van der Waals surface area contributed by atoms with Crippen molar-refractivity contribution in [1.29, 1.82) is 0 Å². The first-order valence-electron chi connectivity index (χ1n) is 5.40. The van der Waals surface area contributed by atoms with Gasteiger partial charge >= 0.3 is 0 Å². The molecule has 3 N–H and O–H groups in total. The number of hydrogen-bond donors (Lipinski definition) is 2. The van der Waals surface area contributed by atoms with Crippen LogP contribution < -0.4 is 11.1 Å². The summed E-state index contributed by atoms with van der Waals surface area (Å²) in [6.45, 7) is 0.948. The summed E-state index contributed by atoms with van der Waals surface area (Å²) < 4.78 is 0. The van der Waals surface area contributed by atoms with Crippen LogP contribution >= 0.6 is 11.6 Å². The molecule has 0 spiro atoms. The Bertz CT molecular complexity index is 337. The van der Waals surface area contributed by atoms with Crippen molar-refractivity contribution in [3.63, 3.8) is 0 Å². The van der Waals surface area contributed by atoms with E-state index < -0.39 is 0 Å². The molecular formula is C11H16ClN3. The number of aromatic nitrogens is 1. The second kappa shape index (κ2) is 4.71. The van der Waals surface area contributed by atoms with Gasteiger partial charge in [0.05, 0.1) is 10.7 Å². The molecule has 0 saturated heterocycles. The summed E-state index contributed by atoms with van der Waals surface area (Å²) in [4.78, 5) is 4.15. The first-order valence-corrected chi connectivity index (χ1v) is 5.78. The van der Waals surface area contributed by atoms with Gasteiger partial charge in [-0.2, -0.15) is 0 Å². The summed E-state index contributed by atoms with van der Waals surface area (Å²) in [6.07, 6.45) is 6.98. The fraction of sp³-hybridized carbons (Fsp3) is 0.545. The molecule has 4 heteroatoms. The van der Waals surface area contributed by atoms with E-state index in [9.17, 15) is 0 Å². The molecule has 1 aliphatic carbocycles. The van der Waals surface area contributed by atoms with E-state index in [0.29, 0.717) is 10.7 Å². The van der Waals surface area contributed by atoms with Gasteiger partial charge in [-0.15, -0.1) is 0 Å². The van der Waals surface area contributed by atoms with Crippen molar-refractivity contribution in [2.24, 2.45) is 5.92 Å². The summed E-state index contributed by atoms with van der Waals surface area (Å²) in [5.74, 6) is 1.66. The molecule has 0 bridgehead atoms. The summed E-state index contributed by atoms with van der Waals surface area (Å²) in [7, 11) is 0. The minimum atomic E-state index is 0.581. The third kappa shape index (κ3) is 2.75. The SMILES string of the molecule is Nc1cc(Cl)cnc1NCCC1CCC1. The van der Waals surface area contributed by atoms with E-state index in [-0.39, 0.29) is 0 Å². The minimum absolute atomic E-state index is 0.581. The summed E-state index contributed by atoms with van der Waals surface area (Å²) in [5, 5.41) is 3.83. The van der Waals surface area contributed by atoms with Crippen LogP contribution in [0.15, 0.2) is 12.3 Å². The largest absolute Gasteiger partial charge is 0.396 e. The van der Waals surface area contributed by atoms with Crippen molar-refractivity contribution in [3.8, 4) is 0 Å². The number of halogens is 1. The average molecular weight is 226 g/mol. The monoisotopic (exact) mass is 225 g/mol. The topological polar surface area (TPSA) is 50.9 Å². The zero-order valence-electron chi connectivity index (χ0n) is 8.67. The fourth-order valence-electron chi connectivity index (χ4n) is 1.78. The maximum atomic E-state index is 5.78. The molecule has 0 radical (unpaired) electrons. The predicted molar refractivity (Wildman–Crippen MR) is 64.1 cm³/mol. The van der Waals surface area contributed by atoms with Crippen LogP contribution in [0.4, 0.5) is 11.5 Å². The van der Waals surface area contributed by atoms with Crippen LogP contribution in [-0.4, -0.2) is 11.5 Å². The van der Waals surface area contributed by atoms with Gasteiger partial charge < -0.3 is 11.1 Å². The van der Waals surface area contributed by atoms with Gasteiger partial charge in [-0.05, 0) is 18.4 Å². The first kappa shape index (κ1) is 10.6. The van der Waals surface area contributed by atoms with Crippen LogP contribution in [0.3, 0.4) is 0 Å². The van der Waals surface area contributed by atoms with Crippen molar-refractivity contribution < 1.29 is 0 Å². The molecule has 82 valence electrons. The average Bonchev–Trinajstić information content (AvgIpc) is 2.12. The Kier molecular flexibility index (Phi) is 3.31. The molecular weight excluding hydrogens is 210 g/mol. The quantitative estimate of drug-likeness (QED) is 0.829. The van der Waals surface area contributed by atoms with Crippen molar-refractivity contribution in [2.75, 3.05) is 17.6 Å². The number of nitrogens with one attached hydrogen (secondary N) is 1. The van der Waals surface area contributed by atoms with Gasteiger partial charge in [-0.3, -0.25) is 0 Å². The van der Waals surface area contributed by atoms with Gasteiger partial charge in [0.25, 0.3) is 0 Å². The summed E-state index contributed by atoms with van der Waals surface area (Å²) >= 11 is 5.76. The fourth-order valence-corrected chi connectivity index (χ4v) is 1.95. The molecule has 0 amide bonds. The number of anilines is 2. The molecule has 1 saturated carbocycles. The van der Waals surface area contributed by atoms with Crippen molar-refractivity contribution in [3.05, 3.63) is 17.3 Å². The van der Waals surface area contributed by atoms with E-state index in [1.807, 2.05) is 0 Å². The van der Waals surface area contributed by atoms with E-state index in [1.165, 1.54) is 25.7 Å². The molecule has 1 heterocycles. The van der Waals surface area contributed by atoms with E-state index in [0.717, 1.165) is 18.3 Å². The standard InChI is InChI=1S/C11H16ClN3/c12-9-6-10(13)11(15-7-9)14-5-4-8-2-1-3-8/h6-8H,1-5,13H2,(H,14,15). The first-order chi connectivity index (χ1) is 7.25. The highest BCUT2D eigenvalue weighted by molar-refractivity contribution is 6.30. The van der Waals surface area contributed by atoms with Crippen molar-refractivity contribution >= 4 is 23.1 Å². The third-order valence-electron chi connectivity index (χ3n) is 2.95. The Morgan fingerprint density at radius 1 is 1.53 bits per heavy atom. The molecule has 3 nitrogen and oxygen atoms in total. The maximum absolute atomic E-state index is 5.78. The third-order valence-corrected chi connectivity index (χ3v) is 3.16. The van der Waals surface area contributed by atoms with Crippen molar-refractivity contribution in [2.45, 2.75) is 25.7 Å². The van der Waals surface area contributed by atoms with Crippen LogP contribution in [0, 0.1) is 5.92 Å². The van der Waals surface area contributed by atoms with E-state index in [1.54, 1.807) is 12.3 Å². The Morgan fingerprint density at radius 3 is 2.93 bits per heavy atom. The van der Waals surface area contributed by atoms with Gasteiger partial charge in [0.15, 0.2) is 0 Å². The van der Waals surface area contributed by atoms with Gasteiger partial charge in [0, 0.05) is 12.7 Å². The lowest BCUT2D eigenvalue weighted by Crippen LogP contribution is -2.16. The van der Waals surface area contributed by atoms with Crippen LogP contribution in [0.1, 0.15) is 25.7 Å². The maximum Gasteiger partial charge on any atom is 0.149 e. The minimum Gasteiger partial charge on any atom is -0.396 e. The van der Waals surface area contributed by atoms with Crippen LogP contribution in [0.2, 0.25) is 5.02 Å². The Labute approximate surface area is 95.0 Å². The molecule has 1 aromatic heterocycles. The van der Waals surface area contributed by atoms with Gasteiger partial charge in [-0.1, -0.05) is 30.9 Å². The highest BCUT2D eigenvalue weighted by Gasteiger charge is 2.16. The van der Waals surface area contributed by atoms with Crippen LogP contribution in [0.5, 0.6) is 0 Å². The predicted octanol–water partition coefficient (Wildman–Crippen LogP) is 2.92. The highest BCUT2D eigenvalue weighted by atomic mass is 35.5. The zero-order chi connectivity index (χ0) is 10.7. The Morgan fingerprint density at radius 2 is 2.33 bits per heavy atom. The summed E-state index contributed by atoms with van der Waals surface area (Å²) in [5.41, 5.74) is 6.40. The lowest BCUT2D eigenvalue weighted by atomic mass is 9.83. The van der Waals surface area contributed by atoms with E-state index >= 15 is 0 Å². The molecule has 0 atom stereocenters.